The highest BCUT2D eigenvalue weighted by Gasteiger charge is 2.53. The highest BCUT2D eigenvalue weighted by atomic mass is 16.6. The number of esters is 1. The third kappa shape index (κ3) is 17.0. The fourth-order valence-corrected chi connectivity index (χ4v) is 10.7. The Bertz CT molecular complexity index is 1860. The van der Waals surface area contributed by atoms with Crippen LogP contribution in [0.15, 0.2) is 47.6 Å². The Morgan fingerprint density at radius 3 is 2.27 bits per heavy atom. The summed E-state index contributed by atoms with van der Waals surface area (Å²) in [5, 5.41) is 33.0. The van der Waals surface area contributed by atoms with E-state index in [1.54, 1.807) is 41.1 Å². The van der Waals surface area contributed by atoms with E-state index in [1.165, 1.54) is 12.0 Å². The minimum atomic E-state index is -2.46. The van der Waals surface area contributed by atoms with E-state index in [-0.39, 0.29) is 87.2 Å². The Kier molecular flexibility index (Phi) is 24.9. The molecule has 3 fully saturated rings. The standard InChI is InChI=1S/C55H87NO15/c1-34-16-12-11-13-17-35(2)46(69-27-26-65-8)32-42-21-19-40(7)55(64,71-42)52(61)53(62)56-23-15-14-18-43(56)54(63)70-47(37(4)30-41-20-22-45(68-25-24-57)48(31-41)66-9)33-44(58)36(3)29-39(6)50(60)51(67-10)49(59)38(5)28-34/h11-13,16-17,29,34,36-38,40-43,45-48,50-51,57,60,64H,14-15,18-28,30-33H2,1-10H3/b13-11+,16-12+,35-17+,39-29+/t34-,36-,37?,38-,40-,41+,42+,43+,45-,46+,47+,48-,50-,51+,55-/m1/s1. The number of piperidine rings is 1. The third-order valence-corrected chi connectivity index (χ3v) is 15.2. The molecule has 0 radical (unpaired) electrons. The van der Waals surface area contributed by atoms with Gasteiger partial charge in [-0.25, -0.2) is 4.79 Å². The number of Topliss-reactive ketones (excluding diaryl/α,β-unsaturated/α-hetero) is 3. The lowest BCUT2D eigenvalue weighted by molar-refractivity contribution is -0.266. The van der Waals surface area contributed by atoms with E-state index < -0.39 is 77.8 Å². The third-order valence-electron chi connectivity index (χ3n) is 15.2. The van der Waals surface area contributed by atoms with Crippen molar-refractivity contribution in [3.05, 3.63) is 47.6 Å². The lowest BCUT2D eigenvalue weighted by atomic mass is 9.78. The van der Waals surface area contributed by atoms with Crippen LogP contribution in [0.4, 0.5) is 0 Å². The number of fused-ring (bicyclic) bond motifs is 3. The fraction of sp³-hybridized carbons (Fsp3) is 0.764. The van der Waals surface area contributed by atoms with Crippen LogP contribution in [-0.4, -0.2) is 158 Å². The Labute approximate surface area is 422 Å². The van der Waals surface area contributed by atoms with Crippen LogP contribution in [0, 0.1) is 35.5 Å². The van der Waals surface area contributed by atoms with Crippen LogP contribution in [0.3, 0.4) is 0 Å². The van der Waals surface area contributed by atoms with Gasteiger partial charge in [-0.3, -0.25) is 19.2 Å². The van der Waals surface area contributed by atoms with Crippen molar-refractivity contribution in [1.82, 2.24) is 4.90 Å². The highest BCUT2D eigenvalue weighted by molar-refractivity contribution is 6.39. The lowest BCUT2D eigenvalue weighted by Gasteiger charge is -2.43. The number of nitrogens with zero attached hydrogens (tertiary/aromatic N) is 1. The second kappa shape index (κ2) is 29.4. The van der Waals surface area contributed by atoms with Crippen LogP contribution in [0.2, 0.25) is 0 Å². The van der Waals surface area contributed by atoms with Gasteiger partial charge in [-0.1, -0.05) is 71.1 Å². The number of carbonyl (C=O) groups excluding carboxylic acids is 5. The summed E-state index contributed by atoms with van der Waals surface area (Å²) in [5.41, 5.74) is 1.24. The maximum atomic E-state index is 14.5. The van der Waals surface area contributed by atoms with Crippen LogP contribution >= 0.6 is 0 Å². The summed E-state index contributed by atoms with van der Waals surface area (Å²) < 4.78 is 41.3. The van der Waals surface area contributed by atoms with Crippen molar-refractivity contribution in [2.45, 2.75) is 180 Å². The zero-order valence-corrected chi connectivity index (χ0v) is 44.3. The van der Waals surface area contributed by atoms with Crippen molar-refractivity contribution >= 4 is 29.2 Å². The Morgan fingerprint density at radius 1 is 0.831 bits per heavy atom. The molecule has 0 aromatic heterocycles. The summed E-state index contributed by atoms with van der Waals surface area (Å²) in [6.07, 6.45) is 11.7. The number of amides is 1. The number of rotatable bonds is 12. The van der Waals surface area contributed by atoms with Gasteiger partial charge in [0.05, 0.1) is 50.8 Å². The molecule has 3 heterocycles. The van der Waals surface area contributed by atoms with Crippen molar-refractivity contribution in [3.8, 4) is 0 Å². The van der Waals surface area contributed by atoms with E-state index in [1.807, 2.05) is 58.1 Å². The molecular weight excluding hydrogens is 915 g/mol. The van der Waals surface area contributed by atoms with E-state index >= 15 is 0 Å². The average Bonchev–Trinajstić information content (AvgIpc) is 3.35. The zero-order chi connectivity index (χ0) is 52.4. The predicted octanol–water partition coefficient (Wildman–Crippen LogP) is 6.21. The Balaban J connectivity index is 1.71. The number of aliphatic hydroxyl groups is 3. The maximum Gasteiger partial charge on any atom is 0.329 e. The SMILES string of the molecule is COCCO[C@H]1C[C@@H]2CC[C@@H](C)[C@@](O)(O2)C(=O)C(=O)N2CCCC[C@H]2C(=O)O[C@H](C(C)C[C@@H]2CC[C@@H](OCCO)[C@H](OC)C2)CC(=O)[C@H](C)/C=C(\C)[C@@H](O)[C@@H](OC)C(=O)[C@H](C)C[C@H](C)/C=C/C=C/C=C/1C. The average molecular weight is 1000 g/mol. The molecular formula is C55H87NO15. The van der Waals surface area contributed by atoms with Gasteiger partial charge >= 0.3 is 5.97 Å². The quantitative estimate of drug-likeness (QED) is 0.0858. The van der Waals surface area contributed by atoms with Crippen molar-refractivity contribution in [2.24, 2.45) is 35.5 Å². The largest absolute Gasteiger partial charge is 0.460 e. The van der Waals surface area contributed by atoms with Gasteiger partial charge in [0.2, 0.25) is 5.79 Å². The first-order valence-corrected chi connectivity index (χ1v) is 26.1. The number of aliphatic hydroxyl groups excluding tert-OH is 2. The van der Waals surface area contributed by atoms with E-state index in [9.17, 15) is 39.3 Å². The van der Waals surface area contributed by atoms with Gasteiger partial charge in [-0.05, 0) is 107 Å². The molecule has 1 unspecified atom stereocenters. The second-order valence-corrected chi connectivity index (χ2v) is 20.8. The number of hydrogen-bond acceptors (Lipinski definition) is 15. The molecule has 15 atom stereocenters. The molecule has 0 spiro atoms. The second-order valence-electron chi connectivity index (χ2n) is 20.8. The normalized spacial score (nSPS) is 38.0. The van der Waals surface area contributed by atoms with Crippen molar-refractivity contribution in [2.75, 3.05) is 54.3 Å². The monoisotopic (exact) mass is 1000 g/mol. The minimum Gasteiger partial charge on any atom is -0.460 e. The number of methoxy groups -OCH3 is 3. The molecule has 4 aliphatic rings. The minimum absolute atomic E-state index is 0.000431. The van der Waals surface area contributed by atoms with E-state index in [0.29, 0.717) is 63.5 Å². The number of carbonyl (C=O) groups is 5. The van der Waals surface area contributed by atoms with Crippen molar-refractivity contribution < 1.29 is 72.5 Å². The van der Waals surface area contributed by atoms with E-state index in [4.69, 9.17) is 33.2 Å². The summed E-state index contributed by atoms with van der Waals surface area (Å²) in [6.45, 7) is 13.5. The van der Waals surface area contributed by atoms with Crippen LogP contribution < -0.4 is 0 Å². The molecule has 71 heavy (non-hydrogen) atoms. The summed E-state index contributed by atoms with van der Waals surface area (Å²) in [4.78, 5) is 72.5. The topological polar surface area (TPSA) is 214 Å². The zero-order valence-electron chi connectivity index (χ0n) is 44.3. The van der Waals surface area contributed by atoms with Gasteiger partial charge in [-0.15, -0.1) is 0 Å². The van der Waals surface area contributed by atoms with Crippen LogP contribution in [-0.2, 0) is 57.1 Å². The molecule has 1 aliphatic carbocycles. The number of hydrogen-bond donors (Lipinski definition) is 3. The summed E-state index contributed by atoms with van der Waals surface area (Å²) in [6, 6.07) is -1.16. The molecule has 16 nitrogen and oxygen atoms in total. The van der Waals surface area contributed by atoms with Gasteiger partial charge in [0.15, 0.2) is 5.78 Å². The molecule has 2 bridgehead atoms. The van der Waals surface area contributed by atoms with Crippen molar-refractivity contribution in [1.29, 1.82) is 0 Å². The maximum absolute atomic E-state index is 14.5. The fourth-order valence-electron chi connectivity index (χ4n) is 10.7. The molecule has 3 aliphatic heterocycles. The van der Waals surface area contributed by atoms with Crippen molar-refractivity contribution in [3.63, 3.8) is 0 Å². The van der Waals surface area contributed by atoms with Gasteiger partial charge in [0.1, 0.15) is 30.1 Å². The van der Waals surface area contributed by atoms with Gasteiger partial charge in [0.25, 0.3) is 11.7 Å². The molecule has 1 saturated carbocycles. The Hall–Kier alpha value is -3.45. The first kappa shape index (κ1) is 60.1. The lowest BCUT2D eigenvalue weighted by Crippen LogP contribution is -2.61. The number of allylic oxidation sites excluding steroid dienone is 6. The molecule has 1 amide bonds. The van der Waals surface area contributed by atoms with Crippen LogP contribution in [0.5, 0.6) is 0 Å². The molecule has 2 saturated heterocycles. The van der Waals surface area contributed by atoms with E-state index in [2.05, 4.69) is 0 Å². The first-order chi connectivity index (χ1) is 33.8. The van der Waals surface area contributed by atoms with E-state index in [0.717, 1.165) is 12.0 Å². The molecule has 402 valence electrons. The van der Waals surface area contributed by atoms with Crippen LogP contribution in [0.1, 0.15) is 126 Å². The Morgan fingerprint density at radius 2 is 1.58 bits per heavy atom. The van der Waals surface area contributed by atoms with Gasteiger partial charge in [0, 0.05) is 58.5 Å². The smallest absolute Gasteiger partial charge is 0.329 e. The van der Waals surface area contributed by atoms with Crippen LogP contribution in [0.25, 0.3) is 0 Å². The predicted molar refractivity (Wildman–Crippen MR) is 267 cm³/mol. The summed E-state index contributed by atoms with van der Waals surface area (Å²) in [7, 11) is 4.58. The molecule has 3 N–H and O–H groups in total. The number of ether oxygens (including phenoxy) is 7. The summed E-state index contributed by atoms with van der Waals surface area (Å²) in [5.74, 6) is -8.10. The first-order valence-electron chi connectivity index (χ1n) is 26.1. The summed E-state index contributed by atoms with van der Waals surface area (Å²) >= 11 is 0. The highest BCUT2D eigenvalue weighted by Crippen LogP contribution is 2.38. The number of cyclic esters (lactones) is 1. The molecule has 0 aromatic rings. The molecule has 4 rings (SSSR count). The van der Waals surface area contributed by atoms with Gasteiger partial charge < -0.3 is 53.4 Å². The number of ketones is 3. The molecule has 16 heteroatoms. The van der Waals surface area contributed by atoms with Gasteiger partial charge in [-0.2, -0.15) is 0 Å². The molecule has 0 aromatic carbocycles.